The lowest BCUT2D eigenvalue weighted by Crippen LogP contribution is -2.44. The van der Waals surface area contributed by atoms with E-state index in [4.69, 9.17) is 0 Å². The fourth-order valence-electron chi connectivity index (χ4n) is 2.21. The topological polar surface area (TPSA) is 69.7 Å². The van der Waals surface area contributed by atoms with Crippen LogP contribution in [0.4, 0.5) is 28.9 Å². The van der Waals surface area contributed by atoms with E-state index in [9.17, 15) is 30.8 Å². The van der Waals surface area contributed by atoms with Gasteiger partial charge in [0, 0.05) is 19.8 Å². The third kappa shape index (κ3) is 5.20. The molecular weight excluding hydrogens is 402 g/mol. The van der Waals surface area contributed by atoms with Gasteiger partial charge >= 0.3 is 16.4 Å². The Morgan fingerprint density at radius 3 is 2.21 bits per heavy atom. The fraction of sp³-hybridized carbons (Fsp3) is 0.235. The fourth-order valence-corrected chi connectivity index (χ4v) is 3.28. The number of hydrogen-bond acceptors (Lipinski definition) is 3. The van der Waals surface area contributed by atoms with Gasteiger partial charge in [-0.25, -0.2) is 8.70 Å². The van der Waals surface area contributed by atoms with Gasteiger partial charge in [-0.1, -0.05) is 6.07 Å². The van der Waals surface area contributed by atoms with E-state index in [2.05, 4.69) is 5.32 Å². The van der Waals surface area contributed by atoms with Gasteiger partial charge < -0.3 is 5.32 Å². The number of anilines is 2. The number of benzene rings is 2. The van der Waals surface area contributed by atoms with E-state index >= 15 is 0 Å². The molecule has 6 nitrogen and oxygen atoms in total. The molecule has 2 aromatic carbocycles. The van der Waals surface area contributed by atoms with Crippen molar-refractivity contribution in [2.75, 3.05) is 30.3 Å². The summed E-state index contributed by atoms with van der Waals surface area (Å²) in [4.78, 5) is 12.3. The van der Waals surface area contributed by atoms with E-state index in [-0.39, 0.29) is 11.4 Å². The van der Waals surface area contributed by atoms with E-state index in [1.807, 2.05) is 0 Å². The predicted molar refractivity (Wildman–Crippen MR) is 96.4 cm³/mol. The Balaban J connectivity index is 2.27. The first-order chi connectivity index (χ1) is 12.9. The number of amides is 1. The number of halogens is 4. The zero-order valence-corrected chi connectivity index (χ0v) is 15.7. The van der Waals surface area contributed by atoms with Crippen LogP contribution in [-0.4, -0.2) is 39.3 Å². The molecule has 2 aromatic rings. The minimum absolute atomic E-state index is 0.0225. The largest absolute Gasteiger partial charge is 0.416 e. The van der Waals surface area contributed by atoms with E-state index in [0.717, 1.165) is 38.9 Å². The molecule has 0 aliphatic rings. The second kappa shape index (κ2) is 8.15. The summed E-state index contributed by atoms with van der Waals surface area (Å²) in [6.45, 7) is -0.720. The molecule has 152 valence electrons. The van der Waals surface area contributed by atoms with Crippen LogP contribution >= 0.6 is 0 Å². The van der Waals surface area contributed by atoms with Gasteiger partial charge in [-0.2, -0.15) is 25.9 Å². The molecule has 0 spiro atoms. The first-order valence-electron chi connectivity index (χ1n) is 7.84. The Bertz CT molecular complexity index is 945. The van der Waals surface area contributed by atoms with Gasteiger partial charge in [0.2, 0.25) is 5.91 Å². The van der Waals surface area contributed by atoms with Gasteiger partial charge in [-0.15, -0.1) is 0 Å². The zero-order valence-electron chi connectivity index (χ0n) is 14.9. The van der Waals surface area contributed by atoms with Crippen LogP contribution in [-0.2, 0) is 21.2 Å². The van der Waals surface area contributed by atoms with Gasteiger partial charge in [0.05, 0.1) is 11.3 Å². The minimum atomic E-state index is -4.59. The molecule has 0 aliphatic heterocycles. The van der Waals surface area contributed by atoms with Crippen molar-refractivity contribution in [2.45, 2.75) is 6.18 Å². The highest BCUT2D eigenvalue weighted by atomic mass is 32.2. The number of rotatable bonds is 6. The average Bonchev–Trinajstić information content (AvgIpc) is 2.60. The van der Waals surface area contributed by atoms with Gasteiger partial charge in [0.1, 0.15) is 12.4 Å². The van der Waals surface area contributed by atoms with Gasteiger partial charge in [0.15, 0.2) is 0 Å². The normalized spacial score (nSPS) is 12.1. The Morgan fingerprint density at radius 2 is 1.68 bits per heavy atom. The molecule has 11 heteroatoms. The van der Waals surface area contributed by atoms with Crippen molar-refractivity contribution >= 4 is 27.5 Å². The molecule has 0 aliphatic carbocycles. The van der Waals surface area contributed by atoms with Crippen molar-refractivity contribution in [3.8, 4) is 0 Å². The number of carbonyl (C=O) groups is 1. The van der Waals surface area contributed by atoms with Crippen LogP contribution in [0, 0.1) is 5.82 Å². The van der Waals surface area contributed by atoms with Crippen LogP contribution in [0.25, 0.3) is 0 Å². The summed E-state index contributed by atoms with van der Waals surface area (Å²) in [5.41, 5.74) is -1.07. The van der Waals surface area contributed by atoms with Gasteiger partial charge in [-0.3, -0.25) is 4.79 Å². The molecule has 0 atom stereocenters. The maximum absolute atomic E-state index is 13.1. The summed E-state index contributed by atoms with van der Waals surface area (Å²) in [7, 11) is -1.63. The molecule has 0 saturated heterocycles. The van der Waals surface area contributed by atoms with E-state index in [1.165, 1.54) is 32.3 Å². The second-order valence-electron chi connectivity index (χ2n) is 5.90. The Kier molecular flexibility index (Phi) is 6.30. The standard InChI is InChI=1S/C17H17F4N3O3S/c1-23(2)28(26,27)24(15-8-6-13(18)7-9-15)11-16(25)22-14-5-3-4-12(10-14)17(19,20)21/h3-10H,11H2,1-2H3,(H,22,25). The Morgan fingerprint density at radius 1 is 1.07 bits per heavy atom. The summed E-state index contributed by atoms with van der Waals surface area (Å²) in [5, 5.41) is 2.24. The maximum atomic E-state index is 13.1. The van der Waals surface area contributed by atoms with Crippen molar-refractivity contribution in [1.29, 1.82) is 0 Å². The SMILES string of the molecule is CN(C)S(=O)(=O)N(CC(=O)Nc1cccc(C(F)(F)F)c1)c1ccc(F)cc1. The van der Waals surface area contributed by atoms with Gasteiger partial charge in [-0.05, 0) is 42.5 Å². The van der Waals surface area contributed by atoms with Crippen LogP contribution in [0.5, 0.6) is 0 Å². The van der Waals surface area contributed by atoms with Crippen molar-refractivity contribution in [2.24, 2.45) is 0 Å². The van der Waals surface area contributed by atoms with Crippen LogP contribution in [0.1, 0.15) is 5.56 Å². The third-order valence-electron chi connectivity index (χ3n) is 3.62. The molecule has 0 radical (unpaired) electrons. The molecular formula is C17H17F4N3O3S. The van der Waals surface area contributed by atoms with Crippen LogP contribution in [0.15, 0.2) is 48.5 Å². The van der Waals surface area contributed by atoms with Crippen molar-refractivity contribution in [1.82, 2.24) is 4.31 Å². The molecule has 2 rings (SSSR count). The predicted octanol–water partition coefficient (Wildman–Crippen LogP) is 3.10. The monoisotopic (exact) mass is 419 g/mol. The molecule has 0 unspecified atom stereocenters. The number of carbonyl (C=O) groups excluding carboxylic acids is 1. The average molecular weight is 419 g/mol. The summed E-state index contributed by atoms with van der Waals surface area (Å²) >= 11 is 0. The maximum Gasteiger partial charge on any atom is 0.416 e. The number of alkyl halides is 3. The highest BCUT2D eigenvalue weighted by Gasteiger charge is 2.31. The first-order valence-corrected chi connectivity index (χ1v) is 9.24. The molecule has 0 aromatic heterocycles. The van der Waals surface area contributed by atoms with Crippen molar-refractivity contribution in [3.05, 3.63) is 59.9 Å². The lowest BCUT2D eigenvalue weighted by Gasteiger charge is -2.27. The highest BCUT2D eigenvalue weighted by Crippen LogP contribution is 2.30. The first kappa shape index (κ1) is 21.6. The smallest absolute Gasteiger partial charge is 0.325 e. The van der Waals surface area contributed by atoms with Crippen molar-refractivity contribution < 1.29 is 30.8 Å². The number of nitrogens with one attached hydrogen (secondary N) is 1. The zero-order chi connectivity index (χ0) is 21.1. The molecule has 1 amide bonds. The quantitative estimate of drug-likeness (QED) is 0.732. The number of hydrogen-bond donors (Lipinski definition) is 1. The highest BCUT2D eigenvalue weighted by molar-refractivity contribution is 7.90. The molecule has 0 fully saturated rings. The number of nitrogens with zero attached hydrogens (tertiary/aromatic N) is 2. The summed E-state index contributed by atoms with van der Waals surface area (Å²) in [5.74, 6) is -1.46. The second-order valence-corrected chi connectivity index (χ2v) is 7.97. The van der Waals surface area contributed by atoms with E-state index in [1.54, 1.807) is 0 Å². The Hall–Kier alpha value is -2.66. The lowest BCUT2D eigenvalue weighted by atomic mass is 10.2. The minimum Gasteiger partial charge on any atom is -0.325 e. The molecule has 0 saturated carbocycles. The van der Waals surface area contributed by atoms with Gasteiger partial charge in [0.25, 0.3) is 0 Å². The molecule has 0 heterocycles. The van der Waals surface area contributed by atoms with Crippen LogP contribution in [0.2, 0.25) is 0 Å². The van der Waals surface area contributed by atoms with E-state index < -0.39 is 40.2 Å². The molecule has 28 heavy (non-hydrogen) atoms. The van der Waals surface area contributed by atoms with Crippen LogP contribution in [0.3, 0.4) is 0 Å². The molecule has 0 bridgehead atoms. The summed E-state index contributed by atoms with van der Waals surface area (Å²) < 4.78 is 78.1. The lowest BCUT2D eigenvalue weighted by molar-refractivity contribution is -0.137. The van der Waals surface area contributed by atoms with Crippen LogP contribution < -0.4 is 9.62 Å². The Labute approximate surface area is 159 Å². The third-order valence-corrected chi connectivity index (χ3v) is 5.44. The summed E-state index contributed by atoms with van der Waals surface area (Å²) in [6, 6.07) is 8.35. The molecule has 1 N–H and O–H groups in total. The van der Waals surface area contributed by atoms with E-state index in [0.29, 0.717) is 0 Å². The summed E-state index contributed by atoms with van der Waals surface area (Å²) in [6.07, 6.45) is -4.59. The van der Waals surface area contributed by atoms with Crippen molar-refractivity contribution in [3.63, 3.8) is 0 Å².